The second-order valence-corrected chi connectivity index (χ2v) is 6.24. The van der Waals surface area contributed by atoms with Crippen molar-refractivity contribution >= 4 is 48.4 Å². The Bertz CT molecular complexity index is 172. The van der Waals surface area contributed by atoms with Crippen LogP contribution in [0.3, 0.4) is 0 Å². The van der Waals surface area contributed by atoms with Gasteiger partial charge < -0.3 is 0 Å². The number of hydrogen-bond acceptors (Lipinski definition) is 5. The normalized spacial score (nSPS) is 32.2. The van der Waals surface area contributed by atoms with E-state index in [0.29, 0.717) is 0 Å². The highest BCUT2D eigenvalue weighted by molar-refractivity contribution is 9.25. The van der Waals surface area contributed by atoms with E-state index >= 15 is 0 Å². The minimum Gasteiger partial charge on any atom is -0.0510 e. The van der Waals surface area contributed by atoms with Crippen molar-refractivity contribution in [2.24, 2.45) is 0 Å². The lowest BCUT2D eigenvalue weighted by atomic mass is 11.5. The first-order valence-electron chi connectivity index (χ1n) is 1.88. The van der Waals surface area contributed by atoms with Crippen molar-refractivity contribution in [3.63, 3.8) is 0 Å². The van der Waals surface area contributed by atoms with Crippen LogP contribution in [-0.2, 0) is 22.5 Å². The Morgan fingerprint density at radius 1 is 1.10 bits per heavy atom. The summed E-state index contributed by atoms with van der Waals surface area (Å²) in [4.78, 5) is 0. The van der Waals surface area contributed by atoms with Crippen LogP contribution in [0.5, 0.6) is 0 Å². The van der Waals surface area contributed by atoms with Crippen molar-refractivity contribution in [3.05, 3.63) is 0 Å². The molecule has 0 amide bonds. The van der Waals surface area contributed by atoms with E-state index in [-0.39, 0.29) is 0 Å². The molecule has 0 radical (unpaired) electrons. The molecule has 9 heteroatoms. The predicted molar refractivity (Wildman–Crippen MR) is 39.1 cm³/mol. The first kappa shape index (κ1) is 9.13. The van der Waals surface area contributed by atoms with Gasteiger partial charge in [0.05, 0.1) is 0 Å². The Morgan fingerprint density at radius 3 is 1.80 bits per heavy atom. The van der Waals surface area contributed by atoms with Crippen molar-refractivity contribution in [3.8, 4) is 0 Å². The predicted octanol–water partition coefficient (Wildman–Crippen LogP) is 2.77. The summed E-state index contributed by atoms with van der Waals surface area (Å²) < 4.78 is 32.5. The van der Waals surface area contributed by atoms with E-state index in [9.17, 15) is 9.13 Å². The Labute approximate surface area is 74.6 Å². The fourth-order valence-electron chi connectivity index (χ4n) is 0.278. The number of rotatable bonds is 0. The molecule has 5 nitrogen and oxygen atoms in total. The molecule has 2 unspecified atom stereocenters. The summed E-state index contributed by atoms with van der Waals surface area (Å²) in [5, 5.41) is 0. The molecule has 10 heavy (non-hydrogen) atoms. The fourth-order valence-corrected chi connectivity index (χ4v) is 2.88. The third kappa shape index (κ3) is 2.58. The molecule has 0 aromatic carbocycles. The first-order chi connectivity index (χ1) is 4.49. The molecule has 0 aromatic rings. The second-order valence-electron chi connectivity index (χ2n) is 1.17. The summed E-state index contributed by atoms with van der Waals surface area (Å²) in [6.45, 7) is 0. The van der Waals surface area contributed by atoms with Crippen LogP contribution >= 0.6 is 48.4 Å². The van der Waals surface area contributed by atoms with Gasteiger partial charge in [-0.3, -0.25) is 0 Å². The van der Waals surface area contributed by atoms with Gasteiger partial charge in [-0.2, -0.15) is 0 Å². The maximum atomic E-state index is 10.5. The molecule has 1 rings (SSSR count). The lowest BCUT2D eigenvalue weighted by molar-refractivity contribution is 0.0389. The topological polar surface area (TPSA) is 61.8 Å². The van der Waals surface area contributed by atoms with Gasteiger partial charge >= 0.3 is 20.1 Å². The van der Waals surface area contributed by atoms with E-state index in [2.05, 4.69) is 45.2 Å². The van der Waals surface area contributed by atoms with E-state index in [1.54, 1.807) is 0 Å². The van der Waals surface area contributed by atoms with Gasteiger partial charge in [-0.1, -0.05) is 9.05 Å². The highest BCUT2D eigenvalue weighted by atomic mass is 79.9. The second kappa shape index (κ2) is 3.19. The molecule has 1 fully saturated rings. The van der Waals surface area contributed by atoms with E-state index in [1.165, 1.54) is 0 Å². The van der Waals surface area contributed by atoms with Gasteiger partial charge in [0.25, 0.3) is 0 Å². The summed E-state index contributed by atoms with van der Waals surface area (Å²) in [5.74, 6) is 0. The lowest BCUT2D eigenvalue weighted by Crippen LogP contribution is -2.16. The quantitative estimate of drug-likeness (QED) is 0.508. The van der Waals surface area contributed by atoms with Crippen LogP contribution in [0, 0.1) is 0 Å². The fraction of sp³-hybridized carbons (Fsp3) is 1.00. The van der Waals surface area contributed by atoms with Gasteiger partial charge in [0, 0.05) is 41.0 Å². The lowest BCUT2D eigenvalue weighted by Gasteiger charge is -2.04. The highest BCUT2D eigenvalue weighted by Gasteiger charge is 2.59. The van der Waals surface area contributed by atoms with Gasteiger partial charge in [0.15, 0.2) is 4.31 Å². The molecule has 1 aliphatic heterocycles. The largest absolute Gasteiger partial charge is 0.752 e. The van der Waals surface area contributed by atoms with E-state index in [0.717, 1.165) is 0 Å². The molecule has 0 N–H and O–H groups in total. The Morgan fingerprint density at radius 2 is 1.50 bits per heavy atom. The zero-order valence-corrected chi connectivity index (χ0v) is 9.15. The molecule has 2 atom stereocenters. The molecular formula is CBr2O5P2+2. The molecule has 0 saturated carbocycles. The monoisotopic (exact) mass is 312 g/mol. The zero-order chi connectivity index (χ0) is 7.78. The molecule has 1 saturated heterocycles. The van der Waals surface area contributed by atoms with Crippen LogP contribution in [0.15, 0.2) is 0 Å². The van der Waals surface area contributed by atoms with Crippen LogP contribution in [0.4, 0.5) is 0 Å². The van der Waals surface area contributed by atoms with E-state index in [4.69, 9.17) is 0 Å². The van der Waals surface area contributed by atoms with Gasteiger partial charge in [-0.25, -0.2) is 0 Å². The molecule has 1 heterocycles. The van der Waals surface area contributed by atoms with Gasteiger partial charge in [-0.05, 0) is 0 Å². The van der Waals surface area contributed by atoms with Gasteiger partial charge in [-0.15, -0.1) is 0 Å². The van der Waals surface area contributed by atoms with Crippen LogP contribution < -0.4 is 0 Å². The van der Waals surface area contributed by atoms with Crippen molar-refractivity contribution in [2.75, 3.05) is 0 Å². The van der Waals surface area contributed by atoms with Gasteiger partial charge in [0.1, 0.15) is 0 Å². The molecular weight excluding hydrogens is 314 g/mol. The Hall–Kier alpha value is 1.04. The smallest absolute Gasteiger partial charge is 0.0510 e. The summed E-state index contributed by atoms with van der Waals surface area (Å²) >= 11 is 5.60. The van der Waals surface area contributed by atoms with E-state index < -0.39 is 20.1 Å². The minimum atomic E-state index is -2.37. The molecule has 0 spiro atoms. The number of halogens is 2. The third-order valence-corrected chi connectivity index (χ3v) is 4.02. The van der Waals surface area contributed by atoms with Crippen LogP contribution in [-0.4, -0.2) is 3.61 Å². The zero-order valence-electron chi connectivity index (χ0n) is 4.19. The molecule has 0 aliphatic carbocycles. The summed E-state index contributed by atoms with van der Waals surface area (Å²) in [7, 11) is -4.74. The molecule has 0 aromatic heterocycles. The molecule has 1 aliphatic rings. The molecule has 0 bridgehead atoms. The number of hydrogen-bond donors (Lipinski definition) is 0. The Balaban J connectivity index is 2.68. The Kier molecular flexibility index (Phi) is 2.91. The van der Waals surface area contributed by atoms with Crippen molar-refractivity contribution in [1.29, 1.82) is 0 Å². The minimum absolute atomic E-state index is 1.45. The third-order valence-electron chi connectivity index (χ3n) is 0.495. The highest BCUT2D eigenvalue weighted by Crippen LogP contribution is 2.56. The maximum Gasteiger partial charge on any atom is 0.752 e. The van der Waals surface area contributed by atoms with Crippen molar-refractivity contribution in [1.82, 2.24) is 0 Å². The van der Waals surface area contributed by atoms with Crippen molar-refractivity contribution in [2.45, 2.75) is 3.61 Å². The average Bonchev–Trinajstić information content (AvgIpc) is 1.54. The standard InChI is InChI=1S/CBr2O5P2/c2-1(3)6-9(4)8-10(5)7-1/q+2. The average molecular weight is 314 g/mol. The SMILES string of the molecule is O=[P+]1O[P+](=O)OC(Br)(Br)O1. The van der Waals surface area contributed by atoms with Crippen LogP contribution in [0.25, 0.3) is 0 Å². The maximum absolute atomic E-state index is 10.5. The summed E-state index contributed by atoms with van der Waals surface area (Å²) in [6, 6.07) is 0. The van der Waals surface area contributed by atoms with Crippen LogP contribution in [0.1, 0.15) is 0 Å². The van der Waals surface area contributed by atoms with E-state index in [1.807, 2.05) is 0 Å². The summed E-state index contributed by atoms with van der Waals surface area (Å²) in [6.07, 6.45) is 0. The summed E-state index contributed by atoms with van der Waals surface area (Å²) in [5.41, 5.74) is 0. The van der Waals surface area contributed by atoms with Gasteiger partial charge in [0.2, 0.25) is 0 Å². The first-order valence-corrected chi connectivity index (χ1v) is 5.66. The number of alkyl halides is 2. The van der Waals surface area contributed by atoms with Crippen molar-refractivity contribution < 1.29 is 22.5 Å². The molecule has 56 valence electrons. The van der Waals surface area contributed by atoms with Crippen LogP contribution in [0.2, 0.25) is 0 Å².